The summed E-state index contributed by atoms with van der Waals surface area (Å²) in [7, 11) is 10.1. The number of rotatable bonds is 3. The van der Waals surface area contributed by atoms with Crippen molar-refractivity contribution in [3.8, 4) is 0 Å². The van der Waals surface area contributed by atoms with Crippen LogP contribution in [0.4, 0.5) is 0 Å². The summed E-state index contributed by atoms with van der Waals surface area (Å²) in [5.74, 6) is -0.889. The van der Waals surface area contributed by atoms with Crippen molar-refractivity contribution in [1.29, 1.82) is 0 Å². The van der Waals surface area contributed by atoms with Gasteiger partial charge in [0.05, 0.1) is 0 Å². The largest absolute Gasteiger partial charge is 0.482 e. The lowest BCUT2D eigenvalue weighted by Crippen LogP contribution is -2.55. The zero-order chi connectivity index (χ0) is 11.1. The van der Waals surface area contributed by atoms with Crippen LogP contribution in [0.25, 0.3) is 0 Å². The Balaban J connectivity index is 5.16. The molecular formula is C4H14B6O3. The van der Waals surface area contributed by atoms with E-state index >= 15 is 0 Å². The molecule has 0 aliphatic carbocycles. The van der Waals surface area contributed by atoms with Crippen molar-refractivity contribution in [3.63, 3.8) is 0 Å². The van der Waals surface area contributed by atoms with E-state index in [2.05, 4.69) is 0 Å². The van der Waals surface area contributed by atoms with E-state index < -0.39 is 21.8 Å². The molecule has 0 aliphatic rings. The highest BCUT2D eigenvalue weighted by Gasteiger charge is 2.50. The highest BCUT2D eigenvalue weighted by atomic mass is 16.4. The smallest absolute Gasteiger partial charge is 0.292 e. The summed E-state index contributed by atoms with van der Waals surface area (Å²) < 4.78 is 0. The summed E-state index contributed by atoms with van der Waals surface area (Å²) in [6.45, 7) is 0. The molecule has 0 spiro atoms. The van der Waals surface area contributed by atoms with E-state index in [4.69, 9.17) is 5.11 Å². The number of carboxylic acids is 1. The van der Waals surface area contributed by atoms with Gasteiger partial charge in [0.15, 0.2) is 0 Å². The quantitative estimate of drug-likeness (QED) is 0.419. The summed E-state index contributed by atoms with van der Waals surface area (Å²) in [5.41, 5.74) is 0. The number of carbonyl (C=O) groups is 1. The van der Waals surface area contributed by atoms with Gasteiger partial charge in [0, 0.05) is 5.21 Å². The number of aliphatic hydroxyl groups is 1. The molecule has 0 bridgehead atoms. The molecule has 0 saturated heterocycles. The SMILES string of the molecule is BC(B)(O)C(B)(B)C(B)(B)C(=O)O. The molecule has 0 unspecified atom stereocenters. The Bertz CT molecular complexity index is 218. The molecule has 0 radical (unpaired) electrons. The van der Waals surface area contributed by atoms with Crippen molar-refractivity contribution in [1.82, 2.24) is 0 Å². The molecule has 0 aliphatic heterocycles. The predicted molar refractivity (Wildman–Crippen MR) is 69.2 cm³/mol. The summed E-state index contributed by atoms with van der Waals surface area (Å²) in [4.78, 5) is 11.0. The highest BCUT2D eigenvalue weighted by Crippen LogP contribution is 2.47. The lowest BCUT2D eigenvalue weighted by Gasteiger charge is -2.48. The van der Waals surface area contributed by atoms with Gasteiger partial charge in [-0.15, -0.1) is 0 Å². The van der Waals surface area contributed by atoms with Crippen LogP contribution in [0.15, 0.2) is 0 Å². The summed E-state index contributed by atoms with van der Waals surface area (Å²) in [6, 6.07) is 0. The highest BCUT2D eigenvalue weighted by molar-refractivity contribution is 6.65. The average Bonchev–Trinajstić information content (AvgIpc) is 1.84. The molecule has 0 aromatic heterocycles. The van der Waals surface area contributed by atoms with E-state index in [1.807, 2.05) is 0 Å². The van der Waals surface area contributed by atoms with Crippen LogP contribution in [-0.2, 0) is 4.79 Å². The molecule has 0 rings (SSSR count). The van der Waals surface area contributed by atoms with Gasteiger partial charge in [0.2, 0.25) is 0 Å². The normalized spacial score (nSPS) is 13.9. The maximum absolute atomic E-state index is 11.0. The van der Waals surface area contributed by atoms with Crippen molar-refractivity contribution in [2.45, 2.75) is 15.8 Å². The first-order valence-corrected chi connectivity index (χ1v) is 4.40. The van der Waals surface area contributed by atoms with E-state index in [1.54, 1.807) is 47.1 Å². The van der Waals surface area contributed by atoms with Crippen molar-refractivity contribution in [2.75, 3.05) is 0 Å². The Morgan fingerprint density at radius 2 is 1.31 bits per heavy atom. The Morgan fingerprint density at radius 1 is 1.00 bits per heavy atom. The molecule has 3 nitrogen and oxygen atoms in total. The van der Waals surface area contributed by atoms with Gasteiger partial charge in [0.25, 0.3) is 5.97 Å². The van der Waals surface area contributed by atoms with Gasteiger partial charge in [-0.05, 0) is 5.40 Å². The van der Waals surface area contributed by atoms with Crippen LogP contribution >= 0.6 is 0 Å². The molecule has 66 valence electrons. The van der Waals surface area contributed by atoms with Crippen molar-refractivity contribution < 1.29 is 15.0 Å². The van der Waals surface area contributed by atoms with Gasteiger partial charge in [0.1, 0.15) is 47.1 Å². The maximum atomic E-state index is 11.0. The number of hydrogen-bond donors (Lipinski definition) is 2. The van der Waals surface area contributed by atoms with Gasteiger partial charge in [-0.25, -0.2) is 0 Å². The fourth-order valence-corrected chi connectivity index (χ4v) is 1.03. The molecule has 2 N–H and O–H groups in total. The van der Waals surface area contributed by atoms with E-state index in [-0.39, 0.29) is 0 Å². The van der Waals surface area contributed by atoms with Crippen LogP contribution in [0, 0.1) is 0 Å². The Kier molecular flexibility index (Phi) is 3.15. The van der Waals surface area contributed by atoms with Crippen molar-refractivity contribution in [3.05, 3.63) is 0 Å². The maximum Gasteiger partial charge on any atom is 0.292 e. The molecule has 0 fully saturated rings. The van der Waals surface area contributed by atoms with E-state index in [0.29, 0.717) is 0 Å². The van der Waals surface area contributed by atoms with Crippen LogP contribution in [0.2, 0.25) is 10.4 Å². The van der Waals surface area contributed by atoms with E-state index in [1.165, 1.54) is 0 Å². The summed E-state index contributed by atoms with van der Waals surface area (Å²) in [6.07, 6.45) is 0. The minimum absolute atomic E-state index is 0.689. The standard InChI is InChI=1S/C4H14B6O3/c5-2(6,1(11)12)3(7,8)4(9,10)13/h13H,5-10H2,(H,11,12). The predicted octanol–water partition coefficient (Wildman–Crippen LogP) is -6.25. The minimum atomic E-state index is -1.02. The fourth-order valence-electron chi connectivity index (χ4n) is 1.03. The lowest BCUT2D eigenvalue weighted by molar-refractivity contribution is -0.139. The molecule has 9 heteroatoms. The fraction of sp³-hybridized carbons (Fsp3) is 0.750. The summed E-state index contributed by atoms with van der Waals surface area (Å²) in [5, 5.41) is 16.2. The van der Waals surface area contributed by atoms with Gasteiger partial charge in [-0.2, -0.15) is 0 Å². The van der Waals surface area contributed by atoms with Gasteiger partial charge in [-0.1, -0.05) is 5.21 Å². The second kappa shape index (κ2) is 3.19. The first kappa shape index (κ1) is 12.8. The first-order chi connectivity index (χ1) is 5.44. The third kappa shape index (κ3) is 2.01. The molecule has 0 aromatic carbocycles. The van der Waals surface area contributed by atoms with Crippen LogP contribution < -0.4 is 0 Å². The van der Waals surface area contributed by atoms with Crippen molar-refractivity contribution in [2.24, 2.45) is 0 Å². The lowest BCUT2D eigenvalue weighted by atomic mass is 9.21. The molecule has 0 atom stereocenters. The monoisotopic (exact) mass is 176 g/mol. The first-order valence-electron chi connectivity index (χ1n) is 4.40. The number of hydrogen-bond acceptors (Lipinski definition) is 2. The summed E-state index contributed by atoms with van der Waals surface area (Å²) >= 11 is 0. The number of aliphatic carboxylic acids is 1. The van der Waals surface area contributed by atoms with Gasteiger partial charge < -0.3 is 10.2 Å². The van der Waals surface area contributed by atoms with Crippen molar-refractivity contribution >= 4 is 53.0 Å². The van der Waals surface area contributed by atoms with Crippen LogP contribution in [0.3, 0.4) is 0 Å². The van der Waals surface area contributed by atoms with Gasteiger partial charge >= 0.3 is 0 Å². The second-order valence-corrected chi connectivity index (χ2v) is 5.11. The number of carboxylic acid groups (broad SMARTS) is 1. The van der Waals surface area contributed by atoms with Crippen LogP contribution in [0.1, 0.15) is 0 Å². The topological polar surface area (TPSA) is 57.5 Å². The molecular weight excluding hydrogens is 161 g/mol. The molecule has 0 saturated carbocycles. The zero-order valence-electron chi connectivity index (χ0n) is 9.30. The minimum Gasteiger partial charge on any atom is -0.482 e. The molecule has 0 amide bonds. The van der Waals surface area contributed by atoms with E-state index in [9.17, 15) is 9.90 Å². The average molecular weight is 175 g/mol. The molecule has 13 heavy (non-hydrogen) atoms. The Morgan fingerprint density at radius 3 is 1.38 bits per heavy atom. The molecule has 0 aromatic rings. The van der Waals surface area contributed by atoms with Crippen LogP contribution in [0.5, 0.6) is 0 Å². The van der Waals surface area contributed by atoms with Crippen LogP contribution in [-0.4, -0.2) is 68.7 Å². The van der Waals surface area contributed by atoms with E-state index in [0.717, 1.165) is 0 Å². The Hall–Kier alpha value is -0.180. The third-order valence-corrected chi connectivity index (χ3v) is 3.63. The zero-order valence-corrected chi connectivity index (χ0v) is 9.30. The second-order valence-electron chi connectivity index (χ2n) is 5.11. The Labute approximate surface area is 84.5 Å². The van der Waals surface area contributed by atoms with Gasteiger partial charge in [-0.3, -0.25) is 4.79 Å². The molecule has 0 heterocycles. The third-order valence-electron chi connectivity index (χ3n) is 3.63.